The van der Waals surface area contributed by atoms with Crippen molar-refractivity contribution in [3.63, 3.8) is 0 Å². The number of aromatic nitrogens is 3. The van der Waals surface area contributed by atoms with Crippen LogP contribution in [0.15, 0.2) is 42.7 Å². The molecule has 0 radical (unpaired) electrons. The Balaban J connectivity index is 1.53. The molecule has 0 N–H and O–H groups in total. The lowest BCUT2D eigenvalue weighted by Crippen LogP contribution is -2.50. The molecule has 7 nitrogen and oxygen atoms in total. The maximum atomic E-state index is 13.1. The Bertz CT molecular complexity index is 1130. The van der Waals surface area contributed by atoms with Gasteiger partial charge in [-0.15, -0.1) is 0 Å². The highest BCUT2D eigenvalue weighted by atomic mass is 19.4. The van der Waals surface area contributed by atoms with Crippen LogP contribution in [0.1, 0.15) is 26.3 Å². The van der Waals surface area contributed by atoms with Gasteiger partial charge in [-0.1, -0.05) is 6.07 Å². The SMILES string of the molecule is CC(C)(C)OC(=O)N1CCN(c2cccc(-c3cnc4ccc(C(F)(F)F)cn34)n2)CC1. The number of carbonyl (C=O) groups is 1. The summed E-state index contributed by atoms with van der Waals surface area (Å²) in [4.78, 5) is 24.8. The van der Waals surface area contributed by atoms with E-state index in [1.807, 2.05) is 37.8 Å². The predicted molar refractivity (Wildman–Crippen MR) is 113 cm³/mol. The van der Waals surface area contributed by atoms with Gasteiger partial charge in [0.2, 0.25) is 0 Å². The zero-order valence-electron chi connectivity index (χ0n) is 18.1. The van der Waals surface area contributed by atoms with Crippen LogP contribution in [0.25, 0.3) is 17.0 Å². The van der Waals surface area contributed by atoms with E-state index in [2.05, 4.69) is 9.97 Å². The molecule has 0 aromatic carbocycles. The van der Waals surface area contributed by atoms with E-state index < -0.39 is 17.3 Å². The van der Waals surface area contributed by atoms with Gasteiger partial charge < -0.3 is 14.5 Å². The normalized spacial score (nSPS) is 15.3. The second-order valence-corrected chi connectivity index (χ2v) is 8.62. The summed E-state index contributed by atoms with van der Waals surface area (Å²) in [6.07, 6.45) is -2.24. The van der Waals surface area contributed by atoms with Crippen LogP contribution < -0.4 is 4.90 Å². The number of nitrogens with zero attached hydrogens (tertiary/aromatic N) is 5. The Labute approximate surface area is 183 Å². The van der Waals surface area contributed by atoms with Crippen LogP contribution in [0.2, 0.25) is 0 Å². The molecule has 0 saturated carbocycles. The Hall–Kier alpha value is -3.30. The molecule has 4 heterocycles. The van der Waals surface area contributed by atoms with Crippen molar-refractivity contribution in [2.24, 2.45) is 0 Å². The molecule has 3 aromatic rings. The molecule has 0 aliphatic carbocycles. The van der Waals surface area contributed by atoms with Crippen molar-refractivity contribution in [2.45, 2.75) is 32.5 Å². The number of hydrogen-bond donors (Lipinski definition) is 0. The first-order valence-corrected chi connectivity index (χ1v) is 10.3. The van der Waals surface area contributed by atoms with Crippen molar-refractivity contribution in [1.82, 2.24) is 19.3 Å². The van der Waals surface area contributed by atoms with E-state index in [0.29, 0.717) is 49.0 Å². The predicted octanol–water partition coefficient (Wildman–Crippen LogP) is 4.47. The highest BCUT2D eigenvalue weighted by molar-refractivity contribution is 5.69. The first-order chi connectivity index (χ1) is 15.0. The average molecular weight is 447 g/mol. The number of piperazine rings is 1. The number of rotatable bonds is 2. The standard InChI is InChI=1S/C22H24F3N5O2/c1-21(2,3)32-20(31)29-11-9-28(10-12-29)19-6-4-5-16(27-19)17-13-26-18-8-7-15(14-30(17)18)22(23,24)25/h4-8,13-14H,9-12H2,1-3H3. The highest BCUT2D eigenvalue weighted by Gasteiger charge is 2.31. The number of halogens is 3. The summed E-state index contributed by atoms with van der Waals surface area (Å²) >= 11 is 0. The van der Waals surface area contributed by atoms with Crippen molar-refractivity contribution in [3.8, 4) is 11.4 Å². The minimum absolute atomic E-state index is 0.343. The molecule has 0 spiro atoms. The molecule has 0 unspecified atom stereocenters. The summed E-state index contributed by atoms with van der Waals surface area (Å²) in [7, 11) is 0. The highest BCUT2D eigenvalue weighted by Crippen LogP contribution is 2.31. The van der Waals surface area contributed by atoms with Gasteiger partial charge in [-0.3, -0.25) is 4.40 Å². The Morgan fingerprint density at radius 1 is 1.03 bits per heavy atom. The number of alkyl halides is 3. The minimum Gasteiger partial charge on any atom is -0.444 e. The number of imidazole rings is 1. The Kier molecular flexibility index (Phi) is 5.47. The van der Waals surface area contributed by atoms with Gasteiger partial charge in [0.05, 0.1) is 23.1 Å². The van der Waals surface area contributed by atoms with E-state index in [9.17, 15) is 18.0 Å². The van der Waals surface area contributed by atoms with Crippen LogP contribution in [-0.2, 0) is 10.9 Å². The maximum absolute atomic E-state index is 13.1. The molecule has 0 atom stereocenters. The second-order valence-electron chi connectivity index (χ2n) is 8.62. The third-order valence-electron chi connectivity index (χ3n) is 5.09. The summed E-state index contributed by atoms with van der Waals surface area (Å²) in [6, 6.07) is 7.75. The first-order valence-electron chi connectivity index (χ1n) is 10.3. The van der Waals surface area contributed by atoms with Crippen molar-refractivity contribution in [1.29, 1.82) is 0 Å². The molecule has 32 heavy (non-hydrogen) atoms. The van der Waals surface area contributed by atoms with Gasteiger partial charge in [-0.25, -0.2) is 14.8 Å². The molecule has 4 rings (SSSR count). The van der Waals surface area contributed by atoms with Gasteiger partial charge >= 0.3 is 12.3 Å². The zero-order chi connectivity index (χ0) is 23.1. The lowest BCUT2D eigenvalue weighted by atomic mass is 10.2. The van der Waals surface area contributed by atoms with Crippen LogP contribution in [0, 0.1) is 0 Å². The van der Waals surface area contributed by atoms with Crippen LogP contribution in [0.5, 0.6) is 0 Å². The zero-order valence-corrected chi connectivity index (χ0v) is 18.1. The fraction of sp³-hybridized carbons (Fsp3) is 0.409. The van der Waals surface area contributed by atoms with Gasteiger partial charge in [0.25, 0.3) is 0 Å². The van der Waals surface area contributed by atoms with E-state index in [-0.39, 0.29) is 6.09 Å². The molecule has 1 aliphatic rings. The Morgan fingerprint density at radius 3 is 2.41 bits per heavy atom. The lowest BCUT2D eigenvalue weighted by Gasteiger charge is -2.36. The van der Waals surface area contributed by atoms with Gasteiger partial charge in [0.1, 0.15) is 17.1 Å². The first kappa shape index (κ1) is 21.9. The van der Waals surface area contributed by atoms with E-state index in [0.717, 1.165) is 12.3 Å². The summed E-state index contributed by atoms with van der Waals surface area (Å²) in [5, 5.41) is 0. The van der Waals surface area contributed by atoms with Crippen molar-refractivity contribution < 1.29 is 22.7 Å². The fourth-order valence-electron chi connectivity index (χ4n) is 3.52. The van der Waals surface area contributed by atoms with Crippen LogP contribution >= 0.6 is 0 Å². The van der Waals surface area contributed by atoms with E-state index in [4.69, 9.17) is 4.74 Å². The van der Waals surface area contributed by atoms with Crippen molar-refractivity contribution >= 4 is 17.6 Å². The van der Waals surface area contributed by atoms with Crippen LogP contribution in [0.3, 0.4) is 0 Å². The summed E-state index contributed by atoms with van der Waals surface area (Å²) < 4.78 is 46.3. The van der Waals surface area contributed by atoms with Gasteiger partial charge in [-0.05, 0) is 45.0 Å². The molecule has 3 aromatic heterocycles. The van der Waals surface area contributed by atoms with E-state index >= 15 is 0 Å². The minimum atomic E-state index is -4.45. The summed E-state index contributed by atoms with van der Waals surface area (Å²) in [5.41, 5.74) is 0.0958. The Morgan fingerprint density at radius 2 is 1.75 bits per heavy atom. The maximum Gasteiger partial charge on any atom is 0.417 e. The quantitative estimate of drug-likeness (QED) is 0.580. The number of ether oxygens (including phenoxy) is 1. The van der Waals surface area contributed by atoms with Crippen LogP contribution in [0.4, 0.5) is 23.8 Å². The molecule has 170 valence electrons. The molecule has 1 amide bonds. The summed E-state index contributed by atoms with van der Waals surface area (Å²) in [5.74, 6) is 0.688. The topological polar surface area (TPSA) is 63.0 Å². The number of fused-ring (bicyclic) bond motifs is 1. The van der Waals surface area contributed by atoms with Crippen molar-refractivity contribution in [2.75, 3.05) is 31.1 Å². The molecular weight excluding hydrogens is 423 g/mol. The third kappa shape index (κ3) is 4.63. The van der Waals surface area contributed by atoms with Gasteiger partial charge in [0, 0.05) is 32.4 Å². The number of hydrogen-bond acceptors (Lipinski definition) is 5. The van der Waals surface area contributed by atoms with Crippen LogP contribution in [-0.4, -0.2) is 57.1 Å². The molecular formula is C22H24F3N5O2. The van der Waals surface area contributed by atoms with Gasteiger partial charge in [-0.2, -0.15) is 13.2 Å². The second kappa shape index (κ2) is 7.99. The molecule has 1 fully saturated rings. The number of pyridine rings is 2. The third-order valence-corrected chi connectivity index (χ3v) is 5.09. The monoisotopic (exact) mass is 447 g/mol. The average Bonchev–Trinajstić information content (AvgIpc) is 3.15. The van der Waals surface area contributed by atoms with Crippen molar-refractivity contribution in [3.05, 3.63) is 48.3 Å². The molecule has 10 heteroatoms. The lowest BCUT2D eigenvalue weighted by molar-refractivity contribution is -0.137. The van der Waals surface area contributed by atoms with E-state index in [1.54, 1.807) is 11.0 Å². The molecule has 1 aliphatic heterocycles. The molecule has 0 bridgehead atoms. The number of amides is 1. The summed E-state index contributed by atoms with van der Waals surface area (Å²) in [6.45, 7) is 7.61. The number of carbonyl (C=O) groups excluding carboxylic acids is 1. The van der Waals surface area contributed by atoms with Gasteiger partial charge in [0.15, 0.2) is 0 Å². The number of anilines is 1. The fourth-order valence-corrected chi connectivity index (χ4v) is 3.52. The largest absolute Gasteiger partial charge is 0.444 e. The molecule has 1 saturated heterocycles. The smallest absolute Gasteiger partial charge is 0.417 e. The van der Waals surface area contributed by atoms with E-state index in [1.165, 1.54) is 16.7 Å².